The summed E-state index contributed by atoms with van der Waals surface area (Å²) in [6, 6.07) is 8.38. The number of nitrogens with one attached hydrogen (secondary N) is 1. The van der Waals surface area contributed by atoms with Crippen molar-refractivity contribution in [3.05, 3.63) is 58.4 Å². The van der Waals surface area contributed by atoms with Crippen molar-refractivity contribution < 1.29 is 14.3 Å². The Balaban J connectivity index is 1.39. The van der Waals surface area contributed by atoms with Gasteiger partial charge in [0.25, 0.3) is 0 Å². The zero-order chi connectivity index (χ0) is 22.3. The van der Waals surface area contributed by atoms with E-state index >= 15 is 0 Å². The van der Waals surface area contributed by atoms with Gasteiger partial charge >= 0.3 is 0 Å². The predicted molar refractivity (Wildman–Crippen MR) is 121 cm³/mol. The van der Waals surface area contributed by atoms with Crippen LogP contribution in [0.15, 0.2) is 30.3 Å². The number of rotatable bonds is 4. The van der Waals surface area contributed by atoms with E-state index in [9.17, 15) is 14.3 Å². The first-order valence-electron chi connectivity index (χ1n) is 11.0. The highest BCUT2D eigenvalue weighted by molar-refractivity contribution is 5.79. The number of aromatic hydroxyl groups is 1. The molecule has 2 aromatic rings. The van der Waals surface area contributed by atoms with Crippen LogP contribution in [-0.2, 0) is 11.2 Å². The molecule has 1 heterocycles. The molecule has 4 rings (SSSR count). The van der Waals surface area contributed by atoms with Gasteiger partial charge in [-0.05, 0) is 66.6 Å². The molecule has 1 aliphatic heterocycles. The molecule has 5 nitrogen and oxygen atoms in total. The number of benzene rings is 2. The maximum Gasteiger partial charge on any atom is 0.234 e. The molecule has 0 spiro atoms. The van der Waals surface area contributed by atoms with Crippen LogP contribution in [0.4, 0.5) is 10.1 Å². The second kappa shape index (κ2) is 8.15. The number of carbonyl (C=O) groups excluding carboxylic acids is 1. The molecule has 1 aliphatic carbocycles. The third kappa shape index (κ3) is 4.26. The summed E-state index contributed by atoms with van der Waals surface area (Å²) < 4.78 is 13.2. The van der Waals surface area contributed by atoms with E-state index in [2.05, 4.69) is 35.9 Å². The molecule has 0 bridgehead atoms. The van der Waals surface area contributed by atoms with Crippen LogP contribution in [0.2, 0.25) is 0 Å². The summed E-state index contributed by atoms with van der Waals surface area (Å²) in [4.78, 5) is 17.3. The smallest absolute Gasteiger partial charge is 0.234 e. The maximum atomic E-state index is 13.2. The van der Waals surface area contributed by atoms with Crippen molar-refractivity contribution in [2.75, 3.05) is 37.6 Å². The first kappa shape index (κ1) is 21.6. The Kier molecular flexibility index (Phi) is 5.69. The number of amides is 1. The summed E-state index contributed by atoms with van der Waals surface area (Å²) in [5.41, 5.74) is 4.92. The maximum absolute atomic E-state index is 13.2. The minimum absolute atomic E-state index is 0.0142. The number of carbonyl (C=O) groups is 1. The molecule has 2 aromatic carbocycles. The standard InChI is InChI=1S/C25H32FN3O2/c1-16-13-17(2)23(31)22-20(16)14-25(3,4)24(22)27-21(30)15-28-9-11-29(12-10-28)19-7-5-18(26)6-8-19/h5-8,13,24,31H,9-12,14-15H2,1-4H3,(H,27,30). The number of aryl methyl sites for hydroxylation is 2. The molecule has 2 aliphatic rings. The number of anilines is 1. The van der Waals surface area contributed by atoms with Crippen LogP contribution in [0.5, 0.6) is 5.75 Å². The van der Waals surface area contributed by atoms with E-state index in [-0.39, 0.29) is 23.2 Å². The quantitative estimate of drug-likeness (QED) is 0.784. The monoisotopic (exact) mass is 425 g/mol. The molecule has 0 radical (unpaired) electrons. The topological polar surface area (TPSA) is 55.8 Å². The number of halogens is 1. The lowest BCUT2D eigenvalue weighted by atomic mass is 9.85. The molecule has 1 fully saturated rings. The minimum atomic E-state index is -0.230. The molecular weight excluding hydrogens is 393 g/mol. The number of piperazine rings is 1. The molecule has 1 saturated heterocycles. The molecule has 2 N–H and O–H groups in total. The predicted octanol–water partition coefficient (Wildman–Crippen LogP) is 3.71. The number of phenols is 1. The summed E-state index contributed by atoms with van der Waals surface area (Å²) in [6.07, 6.45) is 0.837. The van der Waals surface area contributed by atoms with Gasteiger partial charge in [-0.25, -0.2) is 4.39 Å². The van der Waals surface area contributed by atoms with Gasteiger partial charge in [0.2, 0.25) is 5.91 Å². The molecule has 1 atom stereocenters. The lowest BCUT2D eigenvalue weighted by Gasteiger charge is -2.36. The van der Waals surface area contributed by atoms with Crippen molar-refractivity contribution in [1.82, 2.24) is 10.2 Å². The second-order valence-corrected chi connectivity index (χ2v) is 9.66. The first-order valence-corrected chi connectivity index (χ1v) is 11.0. The summed E-state index contributed by atoms with van der Waals surface area (Å²) in [5, 5.41) is 14.0. The Morgan fingerprint density at radius 1 is 1.13 bits per heavy atom. The van der Waals surface area contributed by atoms with E-state index in [0.717, 1.165) is 55.0 Å². The molecule has 1 unspecified atom stereocenters. The van der Waals surface area contributed by atoms with Crippen molar-refractivity contribution in [2.24, 2.45) is 5.41 Å². The molecule has 31 heavy (non-hydrogen) atoms. The first-order chi connectivity index (χ1) is 14.7. The van der Waals surface area contributed by atoms with Gasteiger partial charge in [0.05, 0.1) is 12.6 Å². The van der Waals surface area contributed by atoms with E-state index in [4.69, 9.17) is 0 Å². The highest BCUT2D eigenvalue weighted by Crippen LogP contribution is 2.50. The third-order valence-electron chi connectivity index (χ3n) is 6.80. The SMILES string of the molecule is Cc1cc(C)c2c(c1O)C(NC(=O)CN1CCN(c3ccc(F)cc3)CC1)C(C)(C)C2. The van der Waals surface area contributed by atoms with Gasteiger partial charge in [-0.3, -0.25) is 9.69 Å². The third-order valence-corrected chi connectivity index (χ3v) is 6.80. The van der Waals surface area contributed by atoms with Crippen LogP contribution in [-0.4, -0.2) is 48.6 Å². The van der Waals surface area contributed by atoms with Crippen molar-refractivity contribution in [2.45, 2.75) is 40.2 Å². The number of phenolic OH excluding ortho intramolecular Hbond substituents is 1. The fraction of sp³-hybridized carbons (Fsp3) is 0.480. The number of fused-ring (bicyclic) bond motifs is 1. The lowest BCUT2D eigenvalue weighted by Crippen LogP contribution is -2.50. The minimum Gasteiger partial charge on any atom is -0.507 e. The van der Waals surface area contributed by atoms with Crippen molar-refractivity contribution in [3.63, 3.8) is 0 Å². The van der Waals surface area contributed by atoms with Crippen molar-refractivity contribution in [3.8, 4) is 5.75 Å². The molecule has 0 saturated carbocycles. The van der Waals surface area contributed by atoms with Gasteiger partial charge in [0.1, 0.15) is 11.6 Å². The van der Waals surface area contributed by atoms with Gasteiger partial charge in [0, 0.05) is 37.4 Å². The van der Waals surface area contributed by atoms with E-state index < -0.39 is 0 Å². The molecule has 0 aromatic heterocycles. The lowest BCUT2D eigenvalue weighted by molar-refractivity contribution is -0.123. The summed E-state index contributed by atoms with van der Waals surface area (Å²) >= 11 is 0. The fourth-order valence-electron chi connectivity index (χ4n) is 5.04. The van der Waals surface area contributed by atoms with Gasteiger partial charge in [0.15, 0.2) is 0 Å². The van der Waals surface area contributed by atoms with E-state index in [1.807, 2.05) is 13.0 Å². The fourth-order valence-corrected chi connectivity index (χ4v) is 5.04. The molecule has 1 amide bonds. The van der Waals surface area contributed by atoms with E-state index in [1.54, 1.807) is 12.1 Å². The number of nitrogens with zero attached hydrogens (tertiary/aromatic N) is 2. The summed E-state index contributed by atoms with van der Waals surface area (Å²) in [5.74, 6) is 0.0657. The normalized spacial score (nSPS) is 20.5. The number of hydrogen-bond donors (Lipinski definition) is 2. The largest absolute Gasteiger partial charge is 0.507 e. The van der Waals surface area contributed by atoms with Gasteiger partial charge in [-0.1, -0.05) is 19.9 Å². The Morgan fingerprint density at radius 3 is 2.42 bits per heavy atom. The zero-order valence-corrected chi connectivity index (χ0v) is 18.8. The average Bonchev–Trinajstić information content (AvgIpc) is 2.99. The molecule has 166 valence electrons. The van der Waals surface area contributed by atoms with Crippen LogP contribution in [0.3, 0.4) is 0 Å². The van der Waals surface area contributed by atoms with Gasteiger partial charge in [-0.15, -0.1) is 0 Å². The van der Waals surface area contributed by atoms with Crippen LogP contribution in [0.25, 0.3) is 0 Å². The molecular formula is C25H32FN3O2. The Hall–Kier alpha value is -2.60. The number of hydrogen-bond acceptors (Lipinski definition) is 4. The highest BCUT2D eigenvalue weighted by atomic mass is 19.1. The second-order valence-electron chi connectivity index (χ2n) is 9.66. The Labute approximate surface area is 183 Å². The van der Waals surface area contributed by atoms with Crippen LogP contribution < -0.4 is 10.2 Å². The van der Waals surface area contributed by atoms with E-state index in [1.165, 1.54) is 17.7 Å². The van der Waals surface area contributed by atoms with Crippen molar-refractivity contribution in [1.29, 1.82) is 0 Å². The van der Waals surface area contributed by atoms with Gasteiger partial charge in [-0.2, -0.15) is 0 Å². The average molecular weight is 426 g/mol. The van der Waals surface area contributed by atoms with E-state index in [0.29, 0.717) is 12.3 Å². The summed E-state index contributed by atoms with van der Waals surface area (Å²) in [7, 11) is 0. The molecule has 6 heteroatoms. The summed E-state index contributed by atoms with van der Waals surface area (Å²) in [6.45, 7) is 11.8. The zero-order valence-electron chi connectivity index (χ0n) is 18.8. The highest BCUT2D eigenvalue weighted by Gasteiger charge is 2.43. The van der Waals surface area contributed by atoms with Crippen LogP contribution >= 0.6 is 0 Å². The Bertz CT molecular complexity index is 979. The van der Waals surface area contributed by atoms with Crippen LogP contribution in [0, 0.1) is 25.1 Å². The van der Waals surface area contributed by atoms with Gasteiger partial charge < -0.3 is 15.3 Å². The Morgan fingerprint density at radius 2 is 1.77 bits per heavy atom. The van der Waals surface area contributed by atoms with Crippen LogP contribution in [0.1, 0.15) is 42.1 Å². The van der Waals surface area contributed by atoms with Crippen molar-refractivity contribution >= 4 is 11.6 Å².